The molecule has 0 spiro atoms. The summed E-state index contributed by atoms with van der Waals surface area (Å²) in [6.45, 7) is 3.74. The monoisotopic (exact) mass is 411 g/mol. The predicted octanol–water partition coefficient (Wildman–Crippen LogP) is 5.16. The van der Waals surface area contributed by atoms with Crippen LogP contribution in [0.3, 0.4) is 0 Å². The van der Waals surface area contributed by atoms with Crippen LogP contribution in [0.1, 0.15) is 25.1 Å². The van der Waals surface area contributed by atoms with Gasteiger partial charge >= 0.3 is 0 Å². The Morgan fingerprint density at radius 1 is 1.21 bits per heavy atom. The second-order valence-corrected chi connectivity index (χ2v) is 8.05. The Hall–Kier alpha value is -2.70. The van der Waals surface area contributed by atoms with Crippen molar-refractivity contribution in [1.82, 2.24) is 9.78 Å². The molecule has 0 bridgehead atoms. The van der Waals surface area contributed by atoms with Crippen molar-refractivity contribution in [3.63, 3.8) is 0 Å². The van der Waals surface area contributed by atoms with E-state index in [1.54, 1.807) is 35.6 Å². The average molecular weight is 412 g/mol. The van der Waals surface area contributed by atoms with E-state index in [4.69, 9.17) is 11.6 Å². The fourth-order valence-electron chi connectivity index (χ4n) is 3.32. The maximum Gasteiger partial charge on any atom is 0.276 e. The first-order valence-electron chi connectivity index (χ1n) is 8.96. The molecule has 2 aromatic carbocycles. The minimum Gasteiger partial charge on any atom is -0.324 e. The second kappa shape index (κ2) is 7.37. The predicted molar refractivity (Wildman–Crippen MR) is 116 cm³/mol. The molecule has 0 radical (unpaired) electrons. The van der Waals surface area contributed by atoms with Gasteiger partial charge in [-0.1, -0.05) is 36.7 Å². The summed E-state index contributed by atoms with van der Waals surface area (Å²) in [4.78, 5) is 26.2. The molecule has 0 saturated heterocycles. The van der Waals surface area contributed by atoms with Crippen molar-refractivity contribution in [2.45, 2.75) is 26.3 Å². The van der Waals surface area contributed by atoms with Gasteiger partial charge in [-0.15, -0.1) is 11.3 Å². The first-order chi connectivity index (χ1) is 13.5. The van der Waals surface area contributed by atoms with Gasteiger partial charge in [-0.25, -0.2) is 4.68 Å². The third kappa shape index (κ3) is 3.19. The number of aryl methyl sites for hydroxylation is 1. The zero-order chi connectivity index (χ0) is 19.8. The van der Waals surface area contributed by atoms with Crippen LogP contribution >= 0.6 is 22.9 Å². The number of nitrogens with one attached hydrogen (secondary N) is 1. The Bertz CT molecular complexity index is 1240. The summed E-state index contributed by atoms with van der Waals surface area (Å²) in [5.74, 6) is -0.280. The highest BCUT2D eigenvalue weighted by Gasteiger charge is 2.24. The largest absolute Gasteiger partial charge is 0.324 e. The molecule has 28 heavy (non-hydrogen) atoms. The van der Waals surface area contributed by atoms with Crippen LogP contribution in [0, 0.1) is 6.92 Å². The van der Waals surface area contributed by atoms with Crippen LogP contribution in [0.15, 0.2) is 53.3 Å². The van der Waals surface area contributed by atoms with Gasteiger partial charge in [0.15, 0.2) is 0 Å². The average Bonchev–Trinajstić information content (AvgIpc) is 3.08. The summed E-state index contributed by atoms with van der Waals surface area (Å²) in [5.41, 5.74) is 1.13. The molecular formula is C21H18ClN3O2S. The van der Waals surface area contributed by atoms with Gasteiger partial charge in [0.05, 0.1) is 15.8 Å². The molecular weight excluding hydrogens is 394 g/mol. The number of nitrogens with zero attached hydrogens (tertiary/aromatic N) is 2. The van der Waals surface area contributed by atoms with E-state index < -0.39 is 6.04 Å². The molecule has 1 atom stereocenters. The van der Waals surface area contributed by atoms with Crippen molar-refractivity contribution in [1.29, 1.82) is 0 Å². The van der Waals surface area contributed by atoms with Gasteiger partial charge in [0, 0.05) is 20.8 Å². The minimum absolute atomic E-state index is 0.240. The molecule has 0 aliphatic rings. The Labute approximate surface area is 170 Å². The van der Waals surface area contributed by atoms with Crippen molar-refractivity contribution in [2.75, 3.05) is 5.32 Å². The molecule has 2 aromatic heterocycles. The van der Waals surface area contributed by atoms with Crippen molar-refractivity contribution < 1.29 is 4.79 Å². The van der Waals surface area contributed by atoms with Gasteiger partial charge in [-0.2, -0.15) is 5.10 Å². The quantitative estimate of drug-likeness (QED) is 0.504. The van der Waals surface area contributed by atoms with Crippen molar-refractivity contribution in [3.05, 3.63) is 69.6 Å². The van der Waals surface area contributed by atoms with Gasteiger partial charge < -0.3 is 5.32 Å². The van der Waals surface area contributed by atoms with Gasteiger partial charge in [-0.05, 0) is 43.7 Å². The highest BCUT2D eigenvalue weighted by atomic mass is 35.5. The fraction of sp³-hybridized carbons (Fsp3) is 0.190. The zero-order valence-electron chi connectivity index (χ0n) is 15.4. The first-order valence-corrected chi connectivity index (χ1v) is 10.2. The Balaban J connectivity index is 1.80. The van der Waals surface area contributed by atoms with Crippen molar-refractivity contribution in [2.24, 2.45) is 0 Å². The number of hydrogen-bond donors (Lipinski definition) is 1. The minimum atomic E-state index is -0.704. The Kier molecular flexibility index (Phi) is 4.91. The van der Waals surface area contributed by atoms with E-state index in [1.165, 1.54) is 4.68 Å². The van der Waals surface area contributed by atoms with E-state index in [0.29, 0.717) is 22.5 Å². The molecule has 5 nitrogen and oxygen atoms in total. The number of rotatable bonds is 4. The molecule has 2 heterocycles. The van der Waals surface area contributed by atoms with E-state index in [1.807, 2.05) is 38.1 Å². The van der Waals surface area contributed by atoms with Crippen LogP contribution in [0.5, 0.6) is 0 Å². The summed E-state index contributed by atoms with van der Waals surface area (Å²) in [6.07, 6.45) is 0.444. The summed E-state index contributed by atoms with van der Waals surface area (Å²) in [6, 6.07) is 14.0. The number of amides is 1. The number of fused-ring (bicyclic) bond motifs is 3. The Morgan fingerprint density at radius 3 is 2.64 bits per heavy atom. The lowest BCUT2D eigenvalue weighted by Gasteiger charge is -2.17. The molecule has 0 unspecified atom stereocenters. The van der Waals surface area contributed by atoms with Crippen molar-refractivity contribution >= 4 is 54.7 Å². The summed E-state index contributed by atoms with van der Waals surface area (Å²) in [7, 11) is 0. The van der Waals surface area contributed by atoms with E-state index >= 15 is 0 Å². The second-order valence-electron chi connectivity index (χ2n) is 6.56. The van der Waals surface area contributed by atoms with Crippen LogP contribution in [0.4, 0.5) is 5.69 Å². The summed E-state index contributed by atoms with van der Waals surface area (Å²) >= 11 is 7.45. The van der Waals surface area contributed by atoms with Gasteiger partial charge in [0.1, 0.15) is 6.04 Å². The van der Waals surface area contributed by atoms with Gasteiger partial charge in [-0.3, -0.25) is 9.59 Å². The number of benzene rings is 2. The number of anilines is 1. The Morgan fingerprint density at radius 2 is 1.93 bits per heavy atom. The molecule has 0 saturated carbocycles. The third-order valence-corrected chi connectivity index (χ3v) is 6.23. The number of aromatic nitrogens is 2. The van der Waals surface area contributed by atoms with E-state index in [2.05, 4.69) is 10.4 Å². The van der Waals surface area contributed by atoms with Crippen LogP contribution in [0.2, 0.25) is 5.02 Å². The lowest BCUT2D eigenvalue weighted by atomic mass is 10.1. The topological polar surface area (TPSA) is 64.0 Å². The number of hydrogen-bond acceptors (Lipinski definition) is 4. The van der Waals surface area contributed by atoms with E-state index in [0.717, 1.165) is 20.5 Å². The third-order valence-electron chi connectivity index (χ3n) is 4.70. The van der Waals surface area contributed by atoms with Crippen LogP contribution < -0.4 is 10.9 Å². The maximum absolute atomic E-state index is 13.3. The van der Waals surface area contributed by atoms with Gasteiger partial charge in [0.2, 0.25) is 5.91 Å². The normalized spacial score (nSPS) is 12.4. The first kappa shape index (κ1) is 18.7. The molecule has 1 amide bonds. The molecule has 0 aliphatic heterocycles. The molecule has 4 aromatic rings. The zero-order valence-corrected chi connectivity index (χ0v) is 17.0. The van der Waals surface area contributed by atoms with Crippen LogP contribution in [-0.4, -0.2) is 15.7 Å². The van der Waals surface area contributed by atoms with Crippen LogP contribution in [0.25, 0.3) is 20.2 Å². The van der Waals surface area contributed by atoms with Crippen molar-refractivity contribution in [3.8, 4) is 0 Å². The maximum atomic E-state index is 13.3. The standard InChI is InChI=1S/C21H18ClN3O2S/c1-3-16(20(26)23-14-10-8-13(22)9-11-14)25-21(27)18-15-6-4-5-7-17(15)28-19(18)12(2)24-25/h4-11,16H,3H2,1-2H3,(H,23,26)/t16-/m1/s1. The van der Waals surface area contributed by atoms with Gasteiger partial charge in [0.25, 0.3) is 5.56 Å². The van der Waals surface area contributed by atoms with Crippen LogP contribution in [-0.2, 0) is 4.79 Å². The molecule has 0 fully saturated rings. The lowest BCUT2D eigenvalue weighted by molar-refractivity contribution is -0.119. The highest BCUT2D eigenvalue weighted by Crippen LogP contribution is 2.33. The molecule has 142 valence electrons. The molecule has 4 rings (SSSR count). The SMILES string of the molecule is CC[C@H](C(=O)Nc1ccc(Cl)cc1)n1nc(C)c2sc3ccccc3c2c1=O. The lowest BCUT2D eigenvalue weighted by Crippen LogP contribution is -2.35. The fourth-order valence-corrected chi connectivity index (χ4v) is 4.58. The molecule has 7 heteroatoms. The molecule has 1 N–H and O–H groups in total. The highest BCUT2D eigenvalue weighted by molar-refractivity contribution is 7.26. The number of thiophene rings is 1. The number of carbonyl (C=O) groups excluding carboxylic acids is 1. The summed E-state index contributed by atoms with van der Waals surface area (Å²) in [5, 5.41) is 9.45. The number of halogens is 1. The van der Waals surface area contributed by atoms with E-state index in [9.17, 15) is 9.59 Å². The molecule has 0 aliphatic carbocycles. The smallest absolute Gasteiger partial charge is 0.276 e. The summed E-state index contributed by atoms with van der Waals surface area (Å²) < 4.78 is 3.23. The van der Waals surface area contributed by atoms with E-state index in [-0.39, 0.29) is 11.5 Å². The number of carbonyl (C=O) groups is 1.